The number of hydrogen-bond acceptors (Lipinski definition) is 7. The Hall–Kier alpha value is -3.67. The Bertz CT molecular complexity index is 1310. The van der Waals surface area contributed by atoms with Gasteiger partial charge in [0, 0.05) is 47.5 Å². The van der Waals surface area contributed by atoms with Crippen LogP contribution in [0.3, 0.4) is 0 Å². The number of halogens is 2. The van der Waals surface area contributed by atoms with Crippen molar-refractivity contribution in [2.45, 2.75) is 13.8 Å². The van der Waals surface area contributed by atoms with Gasteiger partial charge in [-0.25, -0.2) is 19.9 Å². The Kier molecular flexibility index (Phi) is 6.21. The molecule has 0 spiro atoms. The maximum atomic E-state index is 9.91. The molecule has 0 unspecified atom stereocenters. The van der Waals surface area contributed by atoms with Crippen molar-refractivity contribution >= 4 is 40.7 Å². The second kappa shape index (κ2) is 9.22. The molecule has 8 nitrogen and oxygen atoms in total. The summed E-state index contributed by atoms with van der Waals surface area (Å²) in [7, 11) is 0. The lowest BCUT2D eigenvalue weighted by Gasteiger charge is -2.16. The van der Waals surface area contributed by atoms with E-state index in [9.17, 15) is 5.26 Å². The van der Waals surface area contributed by atoms with Crippen molar-refractivity contribution in [3.8, 4) is 28.6 Å². The molecule has 32 heavy (non-hydrogen) atoms. The summed E-state index contributed by atoms with van der Waals surface area (Å²) >= 11 is 12.5. The van der Waals surface area contributed by atoms with E-state index in [1.54, 1.807) is 36.8 Å². The first-order valence-electron chi connectivity index (χ1n) is 9.74. The minimum absolute atomic E-state index is 0.313. The molecular formula is C22H18Cl2N8. The number of anilines is 3. The SMILES string of the molecule is CCNc1ncc(-c2ccc(Cl)cc2Cl)c(Nc2ncc(-c3nc(C)c[nH]3)cn2)c1C#N. The molecule has 0 amide bonds. The molecule has 0 radical (unpaired) electrons. The van der Waals surface area contributed by atoms with Crippen LogP contribution >= 0.6 is 23.2 Å². The Balaban J connectivity index is 1.79. The standard InChI is InChI=1S/C22H18Cl2N8/c1-3-26-21-16(7-25)19(17(11-28-21)15-5-4-14(23)6-18(15)24)32-22-29-9-13(10-30-22)20-27-8-12(2)31-20/h4-6,8-11H,3H2,1-2H3,(H,27,31)(H2,26,28,29,30,32). The van der Waals surface area contributed by atoms with Crippen LogP contribution in [-0.4, -0.2) is 31.5 Å². The molecule has 4 rings (SSSR count). The van der Waals surface area contributed by atoms with Gasteiger partial charge in [0.05, 0.1) is 22.0 Å². The van der Waals surface area contributed by atoms with Gasteiger partial charge in [0.1, 0.15) is 23.3 Å². The zero-order valence-corrected chi connectivity index (χ0v) is 18.8. The first kappa shape index (κ1) is 21.6. The third-order valence-corrected chi connectivity index (χ3v) is 5.17. The van der Waals surface area contributed by atoms with Gasteiger partial charge in [-0.15, -0.1) is 0 Å². The van der Waals surface area contributed by atoms with E-state index < -0.39 is 0 Å². The van der Waals surface area contributed by atoms with Gasteiger partial charge >= 0.3 is 0 Å². The van der Waals surface area contributed by atoms with Crippen molar-refractivity contribution in [2.24, 2.45) is 0 Å². The van der Waals surface area contributed by atoms with Gasteiger partial charge in [-0.3, -0.25) is 0 Å². The van der Waals surface area contributed by atoms with Crippen molar-refractivity contribution in [3.05, 3.63) is 64.3 Å². The van der Waals surface area contributed by atoms with Crippen LogP contribution in [0.2, 0.25) is 10.0 Å². The number of nitrogens with one attached hydrogen (secondary N) is 3. The summed E-state index contributed by atoms with van der Waals surface area (Å²) in [4.78, 5) is 20.7. The van der Waals surface area contributed by atoms with E-state index in [0.717, 1.165) is 11.3 Å². The third-order valence-electron chi connectivity index (χ3n) is 4.62. The van der Waals surface area contributed by atoms with Crippen LogP contribution in [0.5, 0.6) is 0 Å². The summed E-state index contributed by atoms with van der Waals surface area (Å²) < 4.78 is 0. The summed E-state index contributed by atoms with van der Waals surface area (Å²) in [6.45, 7) is 4.43. The van der Waals surface area contributed by atoms with E-state index in [0.29, 0.717) is 56.6 Å². The fourth-order valence-electron chi connectivity index (χ4n) is 3.15. The zero-order valence-electron chi connectivity index (χ0n) is 17.2. The summed E-state index contributed by atoms with van der Waals surface area (Å²) in [5, 5.41) is 17.1. The molecule has 4 aromatic rings. The first-order chi connectivity index (χ1) is 15.5. The quantitative estimate of drug-likeness (QED) is 0.340. The topological polar surface area (TPSA) is 115 Å². The Labute approximate surface area is 194 Å². The lowest BCUT2D eigenvalue weighted by molar-refractivity contribution is 1.13. The summed E-state index contributed by atoms with van der Waals surface area (Å²) in [6, 6.07) is 7.38. The molecule has 0 bridgehead atoms. The molecule has 0 atom stereocenters. The van der Waals surface area contributed by atoms with Gasteiger partial charge in [-0.1, -0.05) is 29.3 Å². The van der Waals surface area contributed by atoms with Crippen LogP contribution in [0.15, 0.2) is 43.0 Å². The maximum absolute atomic E-state index is 9.91. The second-order valence-corrected chi connectivity index (χ2v) is 7.69. The van der Waals surface area contributed by atoms with Crippen molar-refractivity contribution in [2.75, 3.05) is 17.2 Å². The fourth-order valence-corrected chi connectivity index (χ4v) is 3.66. The predicted molar refractivity (Wildman–Crippen MR) is 126 cm³/mol. The molecule has 10 heteroatoms. The molecule has 3 N–H and O–H groups in total. The number of pyridine rings is 1. The molecule has 3 aromatic heterocycles. The summed E-state index contributed by atoms with van der Waals surface area (Å²) in [5.74, 6) is 1.45. The van der Waals surface area contributed by atoms with Crippen molar-refractivity contribution in [1.29, 1.82) is 5.26 Å². The minimum atomic E-state index is 0.313. The Morgan fingerprint density at radius 1 is 1.09 bits per heavy atom. The highest BCUT2D eigenvalue weighted by Crippen LogP contribution is 2.39. The molecule has 0 aliphatic rings. The van der Waals surface area contributed by atoms with Gasteiger partial charge in [0.2, 0.25) is 5.95 Å². The molecule has 3 heterocycles. The number of H-pyrrole nitrogens is 1. The van der Waals surface area contributed by atoms with E-state index in [4.69, 9.17) is 23.2 Å². The molecule has 0 fully saturated rings. The van der Waals surface area contributed by atoms with E-state index in [2.05, 4.69) is 41.6 Å². The molecule has 160 valence electrons. The van der Waals surface area contributed by atoms with Gasteiger partial charge in [-0.2, -0.15) is 5.26 Å². The normalized spacial score (nSPS) is 10.6. The average molecular weight is 465 g/mol. The molecule has 0 aliphatic heterocycles. The van der Waals surface area contributed by atoms with Gasteiger partial charge in [-0.05, 0) is 26.0 Å². The lowest BCUT2D eigenvalue weighted by Crippen LogP contribution is -2.07. The fraction of sp³-hybridized carbons (Fsp3) is 0.136. The van der Waals surface area contributed by atoms with Crippen molar-refractivity contribution < 1.29 is 0 Å². The first-order valence-corrected chi connectivity index (χ1v) is 10.5. The van der Waals surface area contributed by atoms with E-state index >= 15 is 0 Å². The summed E-state index contributed by atoms with van der Waals surface area (Å²) in [5.41, 5.74) is 3.73. The smallest absolute Gasteiger partial charge is 0.227 e. The number of benzene rings is 1. The number of aromatic nitrogens is 5. The number of nitrogens with zero attached hydrogens (tertiary/aromatic N) is 5. The van der Waals surface area contributed by atoms with E-state index in [1.807, 2.05) is 20.0 Å². The van der Waals surface area contributed by atoms with Crippen LogP contribution in [-0.2, 0) is 0 Å². The monoisotopic (exact) mass is 464 g/mol. The number of imidazole rings is 1. The second-order valence-electron chi connectivity index (χ2n) is 6.85. The van der Waals surface area contributed by atoms with Crippen molar-refractivity contribution in [3.63, 3.8) is 0 Å². The number of rotatable bonds is 6. The molecule has 1 aromatic carbocycles. The van der Waals surface area contributed by atoms with E-state index in [-0.39, 0.29) is 0 Å². The number of nitriles is 1. The average Bonchev–Trinajstić information content (AvgIpc) is 3.21. The summed E-state index contributed by atoms with van der Waals surface area (Å²) in [6.07, 6.45) is 6.76. The van der Waals surface area contributed by atoms with Crippen molar-refractivity contribution in [1.82, 2.24) is 24.9 Å². The molecule has 0 saturated heterocycles. The molecule has 0 saturated carbocycles. The van der Waals surface area contributed by atoms with Gasteiger partial charge in [0.15, 0.2) is 0 Å². The highest BCUT2D eigenvalue weighted by molar-refractivity contribution is 6.36. The predicted octanol–water partition coefficient (Wildman–Crippen LogP) is 5.59. The molecule has 0 aliphatic carbocycles. The minimum Gasteiger partial charge on any atom is -0.369 e. The van der Waals surface area contributed by atoms with Crippen LogP contribution in [0, 0.1) is 18.3 Å². The zero-order chi connectivity index (χ0) is 22.7. The van der Waals surface area contributed by atoms with Crippen LogP contribution in [0.25, 0.3) is 22.5 Å². The highest BCUT2D eigenvalue weighted by Gasteiger charge is 2.19. The number of aromatic amines is 1. The number of aryl methyl sites for hydroxylation is 1. The highest BCUT2D eigenvalue weighted by atomic mass is 35.5. The van der Waals surface area contributed by atoms with Gasteiger partial charge < -0.3 is 15.6 Å². The largest absolute Gasteiger partial charge is 0.369 e. The third kappa shape index (κ3) is 4.35. The number of hydrogen-bond donors (Lipinski definition) is 3. The lowest BCUT2D eigenvalue weighted by atomic mass is 10.0. The maximum Gasteiger partial charge on any atom is 0.227 e. The molecular weight excluding hydrogens is 447 g/mol. The van der Waals surface area contributed by atoms with Crippen LogP contribution < -0.4 is 10.6 Å². The van der Waals surface area contributed by atoms with E-state index in [1.165, 1.54) is 0 Å². The Morgan fingerprint density at radius 2 is 1.88 bits per heavy atom. The van der Waals surface area contributed by atoms with Crippen LogP contribution in [0.4, 0.5) is 17.5 Å². The Morgan fingerprint density at radius 3 is 2.50 bits per heavy atom. The van der Waals surface area contributed by atoms with Gasteiger partial charge in [0.25, 0.3) is 0 Å². The van der Waals surface area contributed by atoms with Crippen LogP contribution in [0.1, 0.15) is 18.2 Å².